The van der Waals surface area contributed by atoms with Crippen LogP contribution < -0.4 is 0 Å². The predicted molar refractivity (Wildman–Crippen MR) is 27.8 cm³/mol. The van der Waals surface area contributed by atoms with E-state index in [4.69, 9.17) is 6.65 Å². The summed E-state index contributed by atoms with van der Waals surface area (Å²) in [5, 5.41) is 0. The smallest absolute Gasteiger partial charge is 0.0623 e. The van der Waals surface area contributed by atoms with Crippen molar-refractivity contribution in [3.05, 3.63) is 36.4 Å². The van der Waals surface area contributed by atoms with Gasteiger partial charge in [0.1, 0.15) is 0 Å². The van der Waals surface area contributed by atoms with Gasteiger partial charge in [0.2, 0.25) is 0 Å². The summed E-state index contributed by atoms with van der Waals surface area (Å²) in [6, 6.07) is 12.0. The minimum absolute atomic E-state index is 2.00. The summed E-state index contributed by atoms with van der Waals surface area (Å²) in [7, 11) is 0. The minimum Gasteiger partial charge on any atom is -0.0623 e. The molecule has 0 heterocycles. The molecule has 1 aromatic carbocycles. The maximum Gasteiger partial charge on any atom is -0.0623 e. The number of benzene rings is 1. The van der Waals surface area contributed by atoms with Crippen molar-refractivity contribution in [1.82, 2.24) is 0 Å². The third-order valence-corrected chi connectivity index (χ3v) is 0.667. The molecule has 0 aliphatic heterocycles. The zero-order valence-electron chi connectivity index (χ0n) is 4.78. The molecule has 0 atom stereocenters. The maximum absolute atomic E-state index is 8.50. The molecule has 0 saturated heterocycles. The van der Waals surface area contributed by atoms with Crippen LogP contribution in [0.4, 0.5) is 0 Å². The van der Waals surface area contributed by atoms with Gasteiger partial charge in [-0.1, -0.05) is 36.4 Å². The van der Waals surface area contributed by atoms with Crippen molar-refractivity contribution >= 4 is 0 Å². The first-order valence-electron chi connectivity index (χ1n) is 2.41. The molecular formula is C6H6O2Ti. The van der Waals surface area contributed by atoms with Crippen LogP contribution in [0.1, 0.15) is 0 Å². The van der Waals surface area contributed by atoms with Gasteiger partial charge in [0, 0.05) is 0 Å². The quantitative estimate of drug-likeness (QED) is 0.535. The van der Waals surface area contributed by atoms with Gasteiger partial charge in [0.05, 0.1) is 0 Å². The van der Waals surface area contributed by atoms with Gasteiger partial charge in [0.25, 0.3) is 0 Å². The van der Waals surface area contributed by atoms with E-state index in [1.165, 1.54) is 0 Å². The Morgan fingerprint density at radius 2 is 0.778 bits per heavy atom. The van der Waals surface area contributed by atoms with Crippen molar-refractivity contribution < 1.29 is 25.7 Å². The van der Waals surface area contributed by atoms with Crippen molar-refractivity contribution in [2.75, 3.05) is 0 Å². The van der Waals surface area contributed by atoms with E-state index in [1.54, 1.807) is 0 Å². The summed E-state index contributed by atoms with van der Waals surface area (Å²) in [6.07, 6.45) is 0. The van der Waals surface area contributed by atoms with Crippen molar-refractivity contribution in [3.8, 4) is 0 Å². The molecule has 0 fully saturated rings. The first kappa shape index (κ1) is 8.53. The minimum atomic E-state index is -2.00. The average Bonchev–Trinajstić information content (AvgIpc) is 1.93. The summed E-state index contributed by atoms with van der Waals surface area (Å²) < 4.78 is 17.0. The zero-order valence-corrected chi connectivity index (χ0v) is 6.34. The number of hydrogen-bond acceptors (Lipinski definition) is 2. The molecule has 0 aromatic heterocycles. The molecule has 0 amide bonds. The maximum atomic E-state index is 8.50. The molecular weight excluding hydrogens is 152 g/mol. The van der Waals surface area contributed by atoms with E-state index < -0.39 is 19.1 Å². The molecule has 1 aromatic rings. The molecule has 9 heavy (non-hydrogen) atoms. The molecule has 0 bridgehead atoms. The molecule has 0 unspecified atom stereocenters. The Kier molecular flexibility index (Phi) is 7.14. The van der Waals surface area contributed by atoms with Crippen LogP contribution in [-0.4, -0.2) is 0 Å². The number of hydrogen-bond donors (Lipinski definition) is 0. The Labute approximate surface area is 62.5 Å². The topological polar surface area (TPSA) is 34.1 Å². The van der Waals surface area contributed by atoms with Crippen LogP contribution in [0, 0.1) is 0 Å². The summed E-state index contributed by atoms with van der Waals surface area (Å²) >= 11 is -2.00. The first-order valence-corrected chi connectivity index (χ1v) is 3.68. The fraction of sp³-hybridized carbons (Fsp3) is 0. The molecule has 0 aliphatic rings. The fourth-order valence-electron chi connectivity index (χ4n) is 0.385. The standard InChI is InChI=1S/C6H6.2O.Ti/c1-2-4-6-5-3-1;;;/h1-6H;;;. The van der Waals surface area contributed by atoms with E-state index in [-0.39, 0.29) is 0 Å². The Hall–Kier alpha value is -0.466. The molecule has 2 nitrogen and oxygen atoms in total. The van der Waals surface area contributed by atoms with Gasteiger partial charge in [-0.2, -0.15) is 0 Å². The van der Waals surface area contributed by atoms with Crippen LogP contribution >= 0.6 is 0 Å². The predicted octanol–water partition coefficient (Wildman–Crippen LogP) is 1.45. The van der Waals surface area contributed by atoms with Crippen LogP contribution in [0.3, 0.4) is 0 Å². The summed E-state index contributed by atoms with van der Waals surface area (Å²) in [4.78, 5) is 0. The van der Waals surface area contributed by atoms with Gasteiger partial charge in [-0.15, -0.1) is 0 Å². The van der Waals surface area contributed by atoms with Gasteiger partial charge in [0.15, 0.2) is 0 Å². The Bertz CT molecular complexity index is 141. The van der Waals surface area contributed by atoms with E-state index >= 15 is 0 Å². The third-order valence-electron chi connectivity index (χ3n) is 0.667. The molecule has 3 heteroatoms. The largest absolute Gasteiger partial charge is 0.0623 e. The Balaban J connectivity index is 0.000000187. The van der Waals surface area contributed by atoms with Crippen LogP contribution in [0.25, 0.3) is 0 Å². The van der Waals surface area contributed by atoms with Gasteiger partial charge < -0.3 is 0 Å². The molecule has 1 rings (SSSR count). The van der Waals surface area contributed by atoms with E-state index in [0.717, 1.165) is 0 Å². The van der Waals surface area contributed by atoms with Crippen LogP contribution in [0.5, 0.6) is 0 Å². The van der Waals surface area contributed by atoms with Crippen molar-refractivity contribution in [1.29, 1.82) is 0 Å². The summed E-state index contributed by atoms with van der Waals surface area (Å²) in [6.45, 7) is 0. The second-order valence-corrected chi connectivity index (χ2v) is 1.50. The zero-order chi connectivity index (χ0) is 6.95. The van der Waals surface area contributed by atoms with Gasteiger partial charge >= 0.3 is 25.7 Å². The normalized spacial score (nSPS) is 6.22. The van der Waals surface area contributed by atoms with Crippen LogP contribution in [-0.2, 0) is 25.7 Å². The summed E-state index contributed by atoms with van der Waals surface area (Å²) in [5.41, 5.74) is 0. The number of rotatable bonds is 0. The van der Waals surface area contributed by atoms with Gasteiger partial charge in [-0.05, 0) is 0 Å². The first-order chi connectivity index (χ1) is 4.41. The fourth-order valence-corrected chi connectivity index (χ4v) is 0.385. The molecule has 0 spiro atoms. The average molecular weight is 158 g/mol. The second kappa shape index (κ2) is 7.53. The van der Waals surface area contributed by atoms with E-state index in [0.29, 0.717) is 0 Å². The van der Waals surface area contributed by atoms with E-state index in [2.05, 4.69) is 0 Å². The van der Waals surface area contributed by atoms with E-state index in [1.807, 2.05) is 36.4 Å². The van der Waals surface area contributed by atoms with Crippen LogP contribution in [0.15, 0.2) is 36.4 Å². The second-order valence-electron chi connectivity index (χ2n) is 1.24. The molecule has 46 valence electrons. The van der Waals surface area contributed by atoms with Gasteiger partial charge in [-0.25, -0.2) is 0 Å². The third kappa shape index (κ3) is 7.53. The molecule has 0 aliphatic carbocycles. The Morgan fingerprint density at radius 3 is 0.889 bits per heavy atom. The van der Waals surface area contributed by atoms with Gasteiger partial charge in [-0.3, -0.25) is 0 Å². The molecule has 0 radical (unpaired) electrons. The summed E-state index contributed by atoms with van der Waals surface area (Å²) in [5.74, 6) is 0. The van der Waals surface area contributed by atoms with E-state index in [9.17, 15) is 0 Å². The SMILES string of the molecule is [O]=[Ti]=[O].c1ccccc1. The van der Waals surface area contributed by atoms with Crippen molar-refractivity contribution in [2.24, 2.45) is 0 Å². The molecule has 0 N–H and O–H groups in total. The van der Waals surface area contributed by atoms with Crippen LogP contribution in [0.2, 0.25) is 0 Å². The monoisotopic (exact) mass is 158 g/mol. The molecule has 0 saturated carbocycles. The Morgan fingerprint density at radius 1 is 0.667 bits per heavy atom. The van der Waals surface area contributed by atoms with Crippen molar-refractivity contribution in [2.45, 2.75) is 0 Å². The van der Waals surface area contributed by atoms with Crippen molar-refractivity contribution in [3.63, 3.8) is 0 Å².